The molecule has 0 aromatic rings. The van der Waals surface area contributed by atoms with Crippen LogP contribution in [0.1, 0.15) is 6.42 Å². The van der Waals surface area contributed by atoms with Gasteiger partial charge in [0.05, 0.1) is 0 Å². The van der Waals surface area contributed by atoms with E-state index < -0.39 is 0 Å². The van der Waals surface area contributed by atoms with E-state index >= 15 is 0 Å². The number of hydrogen-bond donors (Lipinski definition) is 3. The Labute approximate surface area is 66.8 Å². The lowest BCUT2D eigenvalue weighted by atomic mass is 10.4. The van der Waals surface area contributed by atoms with Gasteiger partial charge < -0.3 is 16.2 Å². The summed E-state index contributed by atoms with van der Waals surface area (Å²) in [5.41, 5.74) is 5.36. The van der Waals surface area contributed by atoms with Gasteiger partial charge in [0, 0.05) is 26.4 Å². The molecular weight excluding hydrogens is 142 g/mol. The van der Waals surface area contributed by atoms with E-state index in [4.69, 9.17) is 10.8 Å². The molecule has 4 N–H and O–H groups in total. The Morgan fingerprint density at radius 1 is 1.73 bits per heavy atom. The van der Waals surface area contributed by atoms with Crippen molar-refractivity contribution in [3.05, 3.63) is 12.3 Å². The van der Waals surface area contributed by atoms with E-state index in [0.717, 1.165) is 13.0 Å². The van der Waals surface area contributed by atoms with Crippen molar-refractivity contribution in [2.24, 2.45) is 10.7 Å². The second kappa shape index (κ2) is 7.08. The average molecular weight is 157 g/mol. The van der Waals surface area contributed by atoms with Gasteiger partial charge in [-0.05, 0) is 12.5 Å². The smallest absolute Gasteiger partial charge is 0.119 e. The molecular formula is C7H15N3O. The zero-order valence-corrected chi connectivity index (χ0v) is 6.75. The average Bonchev–Trinajstić information content (AvgIpc) is 2.04. The molecule has 0 fully saturated rings. The van der Waals surface area contributed by atoms with Crippen molar-refractivity contribution >= 4 is 5.84 Å². The monoisotopic (exact) mass is 157 g/mol. The predicted octanol–water partition coefficient (Wildman–Crippen LogP) is -0.541. The van der Waals surface area contributed by atoms with Gasteiger partial charge in [0.1, 0.15) is 5.84 Å². The fourth-order valence-corrected chi connectivity index (χ4v) is 0.483. The molecule has 0 aromatic heterocycles. The van der Waals surface area contributed by atoms with Gasteiger partial charge in [-0.15, -0.1) is 0 Å². The summed E-state index contributed by atoms with van der Waals surface area (Å²) in [4.78, 5) is 3.72. The third-order valence-corrected chi connectivity index (χ3v) is 1.11. The largest absolute Gasteiger partial charge is 0.396 e. The first-order chi connectivity index (χ1) is 5.31. The number of aliphatic hydroxyl groups is 1. The first-order valence-electron chi connectivity index (χ1n) is 3.54. The molecule has 0 aliphatic heterocycles. The predicted molar refractivity (Wildman–Crippen MR) is 46.4 cm³/mol. The summed E-state index contributed by atoms with van der Waals surface area (Å²) >= 11 is 0. The number of hydrogen-bond acceptors (Lipinski definition) is 3. The second-order valence-corrected chi connectivity index (χ2v) is 2.01. The van der Waals surface area contributed by atoms with Crippen LogP contribution in [0.25, 0.3) is 0 Å². The van der Waals surface area contributed by atoms with Gasteiger partial charge in [-0.25, -0.2) is 0 Å². The fourth-order valence-electron chi connectivity index (χ4n) is 0.483. The van der Waals surface area contributed by atoms with Crippen LogP contribution < -0.4 is 11.1 Å². The molecule has 0 saturated carbocycles. The van der Waals surface area contributed by atoms with Crippen molar-refractivity contribution in [3.63, 3.8) is 0 Å². The molecule has 0 heterocycles. The Bertz CT molecular complexity index is 143. The van der Waals surface area contributed by atoms with Gasteiger partial charge >= 0.3 is 0 Å². The van der Waals surface area contributed by atoms with Crippen molar-refractivity contribution in [3.8, 4) is 0 Å². The van der Waals surface area contributed by atoms with Crippen LogP contribution >= 0.6 is 0 Å². The number of nitrogens with two attached hydrogens (primary N) is 1. The molecule has 0 atom stereocenters. The molecule has 0 saturated heterocycles. The molecule has 0 unspecified atom stereocenters. The minimum atomic E-state index is 0.207. The minimum absolute atomic E-state index is 0.207. The van der Waals surface area contributed by atoms with E-state index in [2.05, 4.69) is 10.3 Å². The maximum Gasteiger partial charge on any atom is 0.119 e. The maximum atomic E-state index is 8.41. The van der Waals surface area contributed by atoms with Gasteiger partial charge in [-0.2, -0.15) is 0 Å². The number of aliphatic imine (C=N–C) groups is 1. The fraction of sp³-hybridized carbons (Fsp3) is 0.571. The summed E-state index contributed by atoms with van der Waals surface area (Å²) in [6.45, 7) is 0.960. The molecule has 4 heteroatoms. The van der Waals surface area contributed by atoms with E-state index in [1.807, 2.05) is 0 Å². The molecule has 0 aliphatic carbocycles. The number of aliphatic hydroxyl groups excluding tert-OH is 1. The Kier molecular flexibility index (Phi) is 6.42. The number of rotatable bonds is 5. The van der Waals surface area contributed by atoms with Crippen LogP contribution in [0.15, 0.2) is 17.3 Å². The van der Waals surface area contributed by atoms with Gasteiger partial charge in [0.2, 0.25) is 0 Å². The SMILES string of the molecule is CN=C(N)/C=C\NCCCO. The lowest BCUT2D eigenvalue weighted by molar-refractivity contribution is 0.288. The van der Waals surface area contributed by atoms with Crippen molar-refractivity contribution in [2.75, 3.05) is 20.2 Å². The topological polar surface area (TPSA) is 70.6 Å². The van der Waals surface area contributed by atoms with Gasteiger partial charge in [0.15, 0.2) is 0 Å². The second-order valence-electron chi connectivity index (χ2n) is 2.01. The third-order valence-electron chi connectivity index (χ3n) is 1.11. The molecule has 64 valence electrons. The molecule has 0 rings (SSSR count). The van der Waals surface area contributed by atoms with Crippen molar-refractivity contribution < 1.29 is 5.11 Å². The van der Waals surface area contributed by atoms with Crippen LogP contribution in [-0.4, -0.2) is 31.1 Å². The molecule has 0 aliphatic rings. The highest BCUT2D eigenvalue weighted by Gasteiger charge is 1.80. The highest BCUT2D eigenvalue weighted by atomic mass is 16.3. The van der Waals surface area contributed by atoms with Crippen LogP contribution in [0.5, 0.6) is 0 Å². The Hall–Kier alpha value is -1.03. The van der Waals surface area contributed by atoms with Crippen molar-refractivity contribution in [1.82, 2.24) is 5.32 Å². The third kappa shape index (κ3) is 6.86. The normalized spacial score (nSPS) is 12.4. The van der Waals surface area contributed by atoms with Crippen LogP contribution in [0, 0.1) is 0 Å². The molecule has 4 nitrogen and oxygen atoms in total. The summed E-state index contributed by atoms with van der Waals surface area (Å²) in [6.07, 6.45) is 4.14. The molecule has 0 aromatic carbocycles. The minimum Gasteiger partial charge on any atom is -0.396 e. The zero-order valence-electron chi connectivity index (χ0n) is 6.75. The van der Waals surface area contributed by atoms with Crippen LogP contribution in [0.2, 0.25) is 0 Å². The highest BCUT2D eigenvalue weighted by Crippen LogP contribution is 1.73. The molecule has 0 radical (unpaired) electrons. The maximum absolute atomic E-state index is 8.41. The zero-order chi connectivity index (χ0) is 8.53. The van der Waals surface area contributed by atoms with E-state index in [9.17, 15) is 0 Å². The Morgan fingerprint density at radius 2 is 2.45 bits per heavy atom. The van der Waals surface area contributed by atoms with Crippen LogP contribution in [-0.2, 0) is 0 Å². The number of amidine groups is 1. The number of nitrogens with one attached hydrogen (secondary N) is 1. The van der Waals surface area contributed by atoms with Gasteiger partial charge in [0.25, 0.3) is 0 Å². The molecule has 11 heavy (non-hydrogen) atoms. The van der Waals surface area contributed by atoms with Crippen LogP contribution in [0.4, 0.5) is 0 Å². The standard InChI is InChI=1S/C7H15N3O/c1-9-7(8)3-5-10-4-2-6-11/h3,5,10-11H,2,4,6H2,1H3,(H2,8,9)/b5-3-. The highest BCUT2D eigenvalue weighted by molar-refractivity contribution is 5.91. The Balaban J connectivity index is 3.30. The lowest BCUT2D eigenvalue weighted by Gasteiger charge is -1.96. The molecule has 0 spiro atoms. The van der Waals surface area contributed by atoms with E-state index in [-0.39, 0.29) is 6.61 Å². The molecule has 0 bridgehead atoms. The number of nitrogens with zero attached hydrogens (tertiary/aromatic N) is 1. The summed E-state index contributed by atoms with van der Waals surface area (Å²) in [5.74, 6) is 0.487. The summed E-state index contributed by atoms with van der Waals surface area (Å²) in [5, 5.41) is 11.4. The van der Waals surface area contributed by atoms with Gasteiger partial charge in [-0.1, -0.05) is 0 Å². The summed E-state index contributed by atoms with van der Waals surface area (Å²) < 4.78 is 0. The Morgan fingerprint density at radius 3 is 3.00 bits per heavy atom. The van der Waals surface area contributed by atoms with Crippen molar-refractivity contribution in [1.29, 1.82) is 0 Å². The molecule has 0 amide bonds. The van der Waals surface area contributed by atoms with Crippen LogP contribution in [0.3, 0.4) is 0 Å². The van der Waals surface area contributed by atoms with E-state index in [1.165, 1.54) is 0 Å². The van der Waals surface area contributed by atoms with E-state index in [1.54, 1.807) is 19.3 Å². The van der Waals surface area contributed by atoms with Crippen molar-refractivity contribution in [2.45, 2.75) is 6.42 Å². The first-order valence-corrected chi connectivity index (χ1v) is 3.54. The lowest BCUT2D eigenvalue weighted by Crippen LogP contribution is -2.12. The quantitative estimate of drug-likeness (QED) is 0.285. The first kappa shape index (κ1) is 9.97. The van der Waals surface area contributed by atoms with Gasteiger partial charge in [-0.3, -0.25) is 4.99 Å². The van der Waals surface area contributed by atoms with E-state index in [0.29, 0.717) is 5.84 Å². The summed E-state index contributed by atoms with van der Waals surface area (Å²) in [7, 11) is 1.63. The summed E-state index contributed by atoms with van der Waals surface area (Å²) in [6, 6.07) is 0.